The van der Waals surface area contributed by atoms with Crippen molar-refractivity contribution in [2.24, 2.45) is 0 Å². The molecule has 0 aliphatic carbocycles. The highest BCUT2D eigenvalue weighted by Gasteiger charge is 2.37. The lowest BCUT2D eigenvalue weighted by atomic mass is 9.97. The van der Waals surface area contributed by atoms with Crippen LogP contribution in [0.3, 0.4) is 0 Å². The molecule has 0 bridgehead atoms. The van der Waals surface area contributed by atoms with Gasteiger partial charge in [-0.2, -0.15) is 0 Å². The molecule has 1 aliphatic rings. The number of para-hydroxylation sites is 2. The van der Waals surface area contributed by atoms with Crippen molar-refractivity contribution in [1.29, 1.82) is 0 Å². The Balaban J connectivity index is 1.49. The summed E-state index contributed by atoms with van der Waals surface area (Å²) in [5, 5.41) is 2.67. The van der Waals surface area contributed by atoms with Crippen molar-refractivity contribution in [3.63, 3.8) is 0 Å². The first-order valence-corrected chi connectivity index (χ1v) is 13.5. The molecule has 40 heavy (non-hydrogen) atoms. The highest BCUT2D eigenvalue weighted by atomic mass is 35.5. The van der Waals surface area contributed by atoms with Crippen molar-refractivity contribution in [2.75, 3.05) is 30.4 Å². The molecule has 2 heterocycles. The molecule has 0 saturated carbocycles. The van der Waals surface area contributed by atoms with Crippen molar-refractivity contribution >= 4 is 34.9 Å². The van der Waals surface area contributed by atoms with E-state index in [-0.39, 0.29) is 17.5 Å². The first-order valence-electron chi connectivity index (χ1n) is 13.1. The molecule has 4 aromatic rings. The fraction of sp³-hybridized carbons (Fsp3) is 0.226. The Hall–Kier alpha value is -4.30. The number of anilines is 2. The summed E-state index contributed by atoms with van der Waals surface area (Å²) in [5.74, 6) is -0.0867. The minimum atomic E-state index is -0.573. The van der Waals surface area contributed by atoms with Crippen LogP contribution in [0.25, 0.3) is 5.69 Å². The van der Waals surface area contributed by atoms with Gasteiger partial charge in [0.15, 0.2) is 0 Å². The van der Waals surface area contributed by atoms with Gasteiger partial charge in [-0.15, -0.1) is 0 Å². The van der Waals surface area contributed by atoms with Crippen molar-refractivity contribution in [2.45, 2.75) is 25.8 Å². The molecule has 1 N–H and O–H groups in total. The number of unbranched alkanes of at least 4 members (excludes halogenated alkanes) is 1. The molecule has 1 aromatic heterocycles. The number of nitrogens with zero attached hydrogens (tertiary/aromatic N) is 3. The molecule has 7 nitrogen and oxygen atoms in total. The first kappa shape index (κ1) is 27.3. The summed E-state index contributed by atoms with van der Waals surface area (Å²) in [6.45, 7) is 2.25. The maximum absolute atomic E-state index is 14.2. The predicted molar refractivity (Wildman–Crippen MR) is 155 cm³/mol. The molecular formula is C31H30ClFN4O3. The summed E-state index contributed by atoms with van der Waals surface area (Å²) >= 11 is 5.91. The average molecular weight is 561 g/mol. The number of aromatic nitrogens is 1. The van der Waals surface area contributed by atoms with Gasteiger partial charge in [-0.25, -0.2) is 9.18 Å². The summed E-state index contributed by atoms with van der Waals surface area (Å²) in [6.07, 6.45) is 3.54. The second-order valence-corrected chi connectivity index (χ2v) is 9.97. The zero-order valence-corrected chi connectivity index (χ0v) is 23.1. The van der Waals surface area contributed by atoms with E-state index in [1.165, 1.54) is 23.1 Å². The second kappa shape index (κ2) is 11.8. The van der Waals surface area contributed by atoms with E-state index in [1.54, 1.807) is 12.0 Å². The SMILES string of the molecule is CCCCN(CC(=O)N1c2ccccc2-n2cccc2C1c1ccc(OC)cc1)C(=O)Nc1ccc(F)c(Cl)c1. The lowest BCUT2D eigenvalue weighted by Gasteiger charge is -2.39. The van der Waals surface area contributed by atoms with E-state index in [2.05, 4.69) is 9.88 Å². The highest BCUT2D eigenvalue weighted by molar-refractivity contribution is 6.31. The summed E-state index contributed by atoms with van der Waals surface area (Å²) in [5.41, 5.74) is 3.82. The number of hydrogen-bond donors (Lipinski definition) is 1. The molecule has 1 unspecified atom stereocenters. The van der Waals surface area contributed by atoms with Crippen molar-refractivity contribution in [1.82, 2.24) is 9.47 Å². The topological polar surface area (TPSA) is 66.8 Å². The van der Waals surface area contributed by atoms with Crippen molar-refractivity contribution < 1.29 is 18.7 Å². The lowest BCUT2D eigenvalue weighted by molar-refractivity contribution is -0.119. The lowest BCUT2D eigenvalue weighted by Crippen LogP contribution is -2.48. The maximum atomic E-state index is 14.2. The third-order valence-corrected chi connectivity index (χ3v) is 7.28. The second-order valence-electron chi connectivity index (χ2n) is 9.57. The number of methoxy groups -OCH3 is 1. The number of carbonyl (C=O) groups excluding carboxylic acids is 2. The number of urea groups is 1. The minimum Gasteiger partial charge on any atom is -0.497 e. The van der Waals surface area contributed by atoms with Crippen LogP contribution < -0.4 is 15.0 Å². The minimum absolute atomic E-state index is 0.0933. The maximum Gasteiger partial charge on any atom is 0.322 e. The summed E-state index contributed by atoms with van der Waals surface area (Å²) in [7, 11) is 1.61. The number of carbonyl (C=O) groups is 2. The van der Waals surface area contributed by atoms with Crippen molar-refractivity contribution in [3.05, 3.63) is 107 Å². The molecule has 3 amide bonds. The monoisotopic (exact) mass is 560 g/mol. The fourth-order valence-electron chi connectivity index (χ4n) is 4.98. The van der Waals surface area contributed by atoms with Crippen LogP contribution in [0.5, 0.6) is 5.75 Å². The van der Waals surface area contributed by atoms with Crippen LogP contribution in [-0.4, -0.2) is 41.6 Å². The third kappa shape index (κ3) is 5.40. The molecule has 0 spiro atoms. The summed E-state index contributed by atoms with van der Waals surface area (Å²) < 4.78 is 21.1. The quantitative estimate of drug-likeness (QED) is 0.251. The number of rotatable bonds is 8. The van der Waals surface area contributed by atoms with Gasteiger partial charge >= 0.3 is 6.03 Å². The Morgan fingerprint density at radius 3 is 2.48 bits per heavy atom. The summed E-state index contributed by atoms with van der Waals surface area (Å²) in [6, 6.07) is 22.5. The number of benzene rings is 3. The standard InChI is InChI=1S/C31H30ClFN4O3/c1-3-4-17-35(31(39)34-22-13-16-25(33)24(32)19-22)20-29(38)37-27-9-6-5-8-26(27)36-18-7-10-28(36)30(37)21-11-14-23(40-2)15-12-21/h5-16,18-19,30H,3-4,17,20H2,1-2H3,(H,34,39). The number of halogens is 2. The van der Waals surface area contributed by atoms with Crippen LogP contribution in [0.15, 0.2) is 85.1 Å². The molecule has 5 rings (SSSR count). The Labute approximate surface area is 237 Å². The predicted octanol–water partition coefficient (Wildman–Crippen LogP) is 7.05. The number of fused-ring (bicyclic) bond motifs is 3. The Kier molecular flexibility index (Phi) is 8.07. The van der Waals surface area contributed by atoms with Crippen LogP contribution in [-0.2, 0) is 4.79 Å². The van der Waals surface area contributed by atoms with E-state index in [9.17, 15) is 14.0 Å². The van der Waals surface area contributed by atoms with E-state index in [0.29, 0.717) is 18.7 Å². The molecule has 1 aliphatic heterocycles. The van der Waals surface area contributed by atoms with E-state index >= 15 is 0 Å². The molecule has 0 fully saturated rings. The van der Waals surface area contributed by atoms with Crippen molar-refractivity contribution in [3.8, 4) is 11.4 Å². The molecular weight excluding hydrogens is 531 g/mol. The van der Waals surface area contributed by atoms with E-state index in [4.69, 9.17) is 16.3 Å². The molecule has 0 radical (unpaired) electrons. The van der Waals surface area contributed by atoms with Gasteiger partial charge < -0.3 is 19.5 Å². The molecule has 9 heteroatoms. The smallest absolute Gasteiger partial charge is 0.322 e. The Bertz CT molecular complexity index is 1520. The first-order chi connectivity index (χ1) is 19.4. The summed E-state index contributed by atoms with van der Waals surface area (Å²) in [4.78, 5) is 30.8. The zero-order chi connectivity index (χ0) is 28.2. The van der Waals surface area contributed by atoms with Crippen LogP contribution in [0.1, 0.15) is 37.1 Å². The molecule has 206 valence electrons. The van der Waals surface area contributed by atoms with Crippen LogP contribution >= 0.6 is 11.6 Å². The number of ether oxygens (including phenoxy) is 1. The van der Waals surface area contributed by atoms with Gasteiger partial charge in [-0.05, 0) is 66.6 Å². The van der Waals surface area contributed by atoms with Gasteiger partial charge in [-0.1, -0.05) is 49.2 Å². The zero-order valence-electron chi connectivity index (χ0n) is 22.3. The van der Waals surface area contributed by atoms with Crippen LogP contribution in [0.2, 0.25) is 5.02 Å². The van der Waals surface area contributed by atoms with Gasteiger partial charge in [0.05, 0.1) is 29.2 Å². The molecule has 1 atom stereocenters. The van der Waals surface area contributed by atoms with E-state index in [0.717, 1.165) is 34.8 Å². The molecule has 3 aromatic carbocycles. The highest BCUT2D eigenvalue weighted by Crippen LogP contribution is 2.42. The van der Waals surface area contributed by atoms with Gasteiger partial charge in [0.1, 0.15) is 24.2 Å². The number of amides is 3. The Morgan fingerprint density at radius 1 is 1.02 bits per heavy atom. The number of hydrogen-bond acceptors (Lipinski definition) is 3. The largest absolute Gasteiger partial charge is 0.497 e. The van der Waals surface area contributed by atoms with Gasteiger partial charge in [-0.3, -0.25) is 9.69 Å². The average Bonchev–Trinajstić information content (AvgIpc) is 3.46. The van der Waals surface area contributed by atoms with E-state index < -0.39 is 17.9 Å². The van der Waals surface area contributed by atoms with Crippen LogP contribution in [0.4, 0.5) is 20.6 Å². The number of nitrogens with one attached hydrogen (secondary N) is 1. The fourth-order valence-corrected chi connectivity index (χ4v) is 5.16. The molecule has 0 saturated heterocycles. The normalized spacial score (nSPS) is 13.8. The van der Waals surface area contributed by atoms with E-state index in [1.807, 2.05) is 73.8 Å². The van der Waals surface area contributed by atoms with Crippen LogP contribution in [0, 0.1) is 5.82 Å². The van der Waals surface area contributed by atoms with Gasteiger partial charge in [0.25, 0.3) is 0 Å². The van der Waals surface area contributed by atoms with Gasteiger partial charge in [0, 0.05) is 18.4 Å². The third-order valence-electron chi connectivity index (χ3n) is 6.99. The Morgan fingerprint density at radius 2 is 1.77 bits per heavy atom. The van der Waals surface area contributed by atoms with Gasteiger partial charge in [0.2, 0.25) is 5.91 Å².